The lowest BCUT2D eigenvalue weighted by molar-refractivity contribution is -0.125. The zero-order valence-electron chi connectivity index (χ0n) is 9.09. The molecule has 0 bridgehead atoms. The standard InChI is InChI=1S/C10H13F3N2OS/c11-10(12,13)6-14-3-8-5-17-9(15-8)7-1-2-16-4-7/h5,7,14H,1-4,6H2. The van der Waals surface area contributed by atoms with Crippen LogP contribution < -0.4 is 5.32 Å². The van der Waals surface area contributed by atoms with Gasteiger partial charge in [-0.3, -0.25) is 0 Å². The molecule has 0 aromatic carbocycles. The number of aromatic nitrogens is 1. The Bertz CT molecular complexity index is 361. The molecular formula is C10H13F3N2OS. The molecule has 96 valence electrons. The predicted octanol–water partition coefficient (Wildman–Crippen LogP) is 2.30. The van der Waals surface area contributed by atoms with E-state index in [0.29, 0.717) is 18.2 Å². The number of alkyl halides is 3. The molecular weight excluding hydrogens is 253 g/mol. The van der Waals surface area contributed by atoms with E-state index < -0.39 is 12.7 Å². The first-order valence-corrected chi connectivity index (χ1v) is 6.22. The topological polar surface area (TPSA) is 34.1 Å². The van der Waals surface area contributed by atoms with E-state index in [1.165, 1.54) is 11.3 Å². The van der Waals surface area contributed by atoms with Gasteiger partial charge in [-0.1, -0.05) is 0 Å². The number of nitrogens with zero attached hydrogens (tertiary/aromatic N) is 1. The van der Waals surface area contributed by atoms with Crippen LogP contribution in [0.2, 0.25) is 0 Å². The van der Waals surface area contributed by atoms with Crippen molar-refractivity contribution in [3.8, 4) is 0 Å². The highest BCUT2D eigenvalue weighted by Gasteiger charge is 2.26. The molecule has 0 spiro atoms. The lowest BCUT2D eigenvalue weighted by Gasteiger charge is -2.06. The van der Waals surface area contributed by atoms with Gasteiger partial charge in [0.15, 0.2) is 0 Å². The van der Waals surface area contributed by atoms with Crippen molar-refractivity contribution in [2.45, 2.75) is 25.1 Å². The fourth-order valence-electron chi connectivity index (χ4n) is 1.65. The van der Waals surface area contributed by atoms with Crippen molar-refractivity contribution in [2.24, 2.45) is 0 Å². The first-order chi connectivity index (χ1) is 8.04. The Morgan fingerprint density at radius 2 is 2.35 bits per heavy atom. The van der Waals surface area contributed by atoms with Gasteiger partial charge in [-0.2, -0.15) is 13.2 Å². The third kappa shape index (κ3) is 3.93. The Hall–Kier alpha value is -0.660. The van der Waals surface area contributed by atoms with E-state index in [1.807, 2.05) is 0 Å². The van der Waals surface area contributed by atoms with Gasteiger partial charge < -0.3 is 10.1 Å². The maximum Gasteiger partial charge on any atom is 0.401 e. The summed E-state index contributed by atoms with van der Waals surface area (Å²) < 4.78 is 41.0. The fourth-order valence-corrected chi connectivity index (χ4v) is 2.59. The van der Waals surface area contributed by atoms with Crippen LogP contribution in [0.4, 0.5) is 13.2 Å². The van der Waals surface area contributed by atoms with Crippen LogP contribution in [0, 0.1) is 0 Å². The summed E-state index contributed by atoms with van der Waals surface area (Å²) >= 11 is 1.49. The molecule has 1 aliphatic heterocycles. The van der Waals surface area contributed by atoms with Gasteiger partial charge in [0, 0.05) is 24.4 Å². The maximum absolute atomic E-state index is 11.9. The zero-order valence-corrected chi connectivity index (χ0v) is 9.90. The van der Waals surface area contributed by atoms with Crippen LogP contribution in [0.3, 0.4) is 0 Å². The van der Waals surface area contributed by atoms with Gasteiger partial charge in [-0.05, 0) is 6.42 Å². The van der Waals surface area contributed by atoms with Gasteiger partial charge >= 0.3 is 6.18 Å². The van der Waals surface area contributed by atoms with Gasteiger partial charge in [0.2, 0.25) is 0 Å². The number of halogens is 3. The monoisotopic (exact) mass is 266 g/mol. The summed E-state index contributed by atoms with van der Waals surface area (Å²) in [4.78, 5) is 4.32. The molecule has 3 nitrogen and oxygen atoms in total. The average molecular weight is 266 g/mol. The predicted molar refractivity (Wildman–Crippen MR) is 58.1 cm³/mol. The Morgan fingerprint density at radius 1 is 1.53 bits per heavy atom. The normalized spacial score (nSPS) is 21.0. The van der Waals surface area contributed by atoms with Crippen molar-refractivity contribution in [3.63, 3.8) is 0 Å². The van der Waals surface area contributed by atoms with Gasteiger partial charge in [0.1, 0.15) is 0 Å². The van der Waals surface area contributed by atoms with Crippen LogP contribution in [-0.4, -0.2) is 30.9 Å². The van der Waals surface area contributed by atoms with Crippen LogP contribution in [0.15, 0.2) is 5.38 Å². The lowest BCUT2D eigenvalue weighted by Crippen LogP contribution is -2.28. The molecule has 1 fully saturated rings. The summed E-state index contributed by atoms with van der Waals surface area (Å²) in [5.74, 6) is 0.316. The first kappa shape index (κ1) is 12.8. The molecule has 0 aliphatic carbocycles. The number of hydrogen-bond acceptors (Lipinski definition) is 4. The Kier molecular flexibility index (Phi) is 4.01. The van der Waals surface area contributed by atoms with E-state index in [2.05, 4.69) is 10.3 Å². The second-order valence-corrected chi connectivity index (χ2v) is 4.85. The van der Waals surface area contributed by atoms with Gasteiger partial charge in [0.25, 0.3) is 0 Å². The van der Waals surface area contributed by atoms with Crippen LogP contribution in [-0.2, 0) is 11.3 Å². The van der Waals surface area contributed by atoms with E-state index in [4.69, 9.17) is 4.74 Å². The van der Waals surface area contributed by atoms with Gasteiger partial charge in [-0.15, -0.1) is 11.3 Å². The van der Waals surface area contributed by atoms with Gasteiger partial charge in [-0.25, -0.2) is 4.98 Å². The quantitative estimate of drug-likeness (QED) is 0.908. The highest BCUT2D eigenvalue weighted by atomic mass is 32.1. The van der Waals surface area contributed by atoms with Crippen molar-refractivity contribution >= 4 is 11.3 Å². The van der Waals surface area contributed by atoms with Gasteiger partial charge in [0.05, 0.1) is 23.9 Å². The van der Waals surface area contributed by atoms with E-state index in [-0.39, 0.29) is 6.54 Å². The van der Waals surface area contributed by atoms with E-state index in [9.17, 15) is 13.2 Å². The average Bonchev–Trinajstić information content (AvgIpc) is 2.83. The third-order valence-corrected chi connectivity index (χ3v) is 3.54. The highest BCUT2D eigenvalue weighted by Crippen LogP contribution is 2.27. The Labute approximate surface area is 101 Å². The summed E-state index contributed by atoms with van der Waals surface area (Å²) in [5.41, 5.74) is 0.668. The summed E-state index contributed by atoms with van der Waals surface area (Å²) in [6.45, 7) is 0.588. The number of hydrogen-bond donors (Lipinski definition) is 1. The van der Waals surface area contributed by atoms with Crippen molar-refractivity contribution in [2.75, 3.05) is 19.8 Å². The third-order valence-electron chi connectivity index (χ3n) is 2.48. The Balaban J connectivity index is 1.81. The molecule has 1 unspecified atom stereocenters. The molecule has 7 heteroatoms. The number of nitrogens with one attached hydrogen (secondary N) is 1. The van der Waals surface area contributed by atoms with Crippen LogP contribution >= 0.6 is 11.3 Å². The second kappa shape index (κ2) is 5.32. The van der Waals surface area contributed by atoms with E-state index in [0.717, 1.165) is 18.0 Å². The number of rotatable bonds is 4. The summed E-state index contributed by atoms with van der Waals surface area (Å²) in [6, 6.07) is 0. The Morgan fingerprint density at radius 3 is 3.00 bits per heavy atom. The minimum absolute atomic E-state index is 0.156. The molecule has 1 aliphatic rings. The minimum Gasteiger partial charge on any atom is -0.381 e. The summed E-state index contributed by atoms with van der Waals surface area (Å²) in [6.07, 6.45) is -3.22. The SMILES string of the molecule is FC(F)(F)CNCc1csc(C2CCOC2)n1. The first-order valence-electron chi connectivity index (χ1n) is 5.34. The molecule has 1 aromatic heterocycles. The minimum atomic E-state index is -4.17. The summed E-state index contributed by atoms with van der Waals surface area (Å²) in [7, 11) is 0. The number of ether oxygens (including phenoxy) is 1. The molecule has 1 N–H and O–H groups in total. The van der Waals surface area contributed by atoms with Crippen molar-refractivity contribution in [3.05, 3.63) is 16.1 Å². The van der Waals surface area contributed by atoms with Crippen LogP contribution in [0.25, 0.3) is 0 Å². The van der Waals surface area contributed by atoms with E-state index in [1.54, 1.807) is 5.38 Å². The fraction of sp³-hybridized carbons (Fsp3) is 0.700. The molecule has 17 heavy (non-hydrogen) atoms. The molecule has 0 amide bonds. The molecule has 2 rings (SSSR count). The molecule has 1 atom stereocenters. The summed E-state index contributed by atoms with van der Waals surface area (Å²) in [5, 5.41) is 5.10. The maximum atomic E-state index is 11.9. The lowest BCUT2D eigenvalue weighted by atomic mass is 10.1. The molecule has 1 aromatic rings. The van der Waals surface area contributed by atoms with Crippen molar-refractivity contribution < 1.29 is 17.9 Å². The second-order valence-electron chi connectivity index (χ2n) is 3.96. The zero-order chi connectivity index (χ0) is 12.3. The number of thiazole rings is 1. The molecule has 1 saturated heterocycles. The van der Waals surface area contributed by atoms with Crippen LogP contribution in [0.5, 0.6) is 0 Å². The largest absolute Gasteiger partial charge is 0.401 e. The molecule has 0 radical (unpaired) electrons. The molecule has 0 saturated carbocycles. The molecule has 2 heterocycles. The smallest absolute Gasteiger partial charge is 0.381 e. The highest BCUT2D eigenvalue weighted by molar-refractivity contribution is 7.09. The van der Waals surface area contributed by atoms with Crippen molar-refractivity contribution in [1.82, 2.24) is 10.3 Å². The van der Waals surface area contributed by atoms with E-state index >= 15 is 0 Å². The van der Waals surface area contributed by atoms with Crippen LogP contribution in [0.1, 0.15) is 23.0 Å². The van der Waals surface area contributed by atoms with Crippen molar-refractivity contribution in [1.29, 1.82) is 0 Å².